The number of carbonyl (C=O) groups excluding carboxylic acids is 2. The summed E-state index contributed by atoms with van der Waals surface area (Å²) in [5.41, 5.74) is 6.46. The molecule has 0 spiro atoms. The minimum Gasteiger partial charge on any atom is -0.496 e. The van der Waals surface area contributed by atoms with Crippen molar-refractivity contribution < 1.29 is 23.5 Å². The maximum absolute atomic E-state index is 13.2. The van der Waals surface area contributed by atoms with E-state index >= 15 is 0 Å². The third kappa shape index (κ3) is 4.48. The van der Waals surface area contributed by atoms with Gasteiger partial charge in [-0.1, -0.05) is 18.2 Å². The largest absolute Gasteiger partial charge is 0.496 e. The average molecular weight is 483 g/mol. The fourth-order valence-corrected chi connectivity index (χ4v) is 4.16. The number of aromatic nitrogens is 1. The minimum absolute atomic E-state index is 0.114. The summed E-state index contributed by atoms with van der Waals surface area (Å²) in [6.45, 7) is 0. The van der Waals surface area contributed by atoms with Crippen LogP contribution in [0, 0.1) is 5.95 Å². The van der Waals surface area contributed by atoms with Gasteiger partial charge in [0.2, 0.25) is 5.95 Å². The lowest BCUT2D eigenvalue weighted by Crippen LogP contribution is -2.11. The molecule has 0 fully saturated rings. The summed E-state index contributed by atoms with van der Waals surface area (Å²) in [6, 6.07) is 19.6. The summed E-state index contributed by atoms with van der Waals surface area (Å²) in [5.74, 6) is -0.537. The van der Waals surface area contributed by atoms with Gasteiger partial charge in [-0.05, 0) is 65.2 Å². The predicted molar refractivity (Wildman–Crippen MR) is 135 cm³/mol. The standard InChI is InChI=1S/C28H22FN3O4/c1-35-25-14-18(4-7-20(25)19-6-10-26(29)30-15-19)17-5-8-21-23(13-17)31-22-9-3-16(12-27(33)36-2)11-24(22)32-28(21)34/h3-11,13-15,31H,12H2,1-2H3,(H,32,34). The fraction of sp³-hybridized carbons (Fsp3) is 0.107. The summed E-state index contributed by atoms with van der Waals surface area (Å²) in [7, 11) is 2.92. The third-order valence-corrected chi connectivity index (χ3v) is 6.02. The van der Waals surface area contributed by atoms with Gasteiger partial charge >= 0.3 is 5.97 Å². The predicted octanol–water partition coefficient (Wildman–Crippen LogP) is 5.59. The van der Waals surface area contributed by atoms with Gasteiger partial charge < -0.3 is 20.1 Å². The first-order valence-electron chi connectivity index (χ1n) is 11.2. The van der Waals surface area contributed by atoms with Crippen molar-refractivity contribution in [1.82, 2.24) is 4.98 Å². The van der Waals surface area contributed by atoms with Crippen LogP contribution in [0.4, 0.5) is 21.5 Å². The van der Waals surface area contributed by atoms with Gasteiger partial charge in [0.15, 0.2) is 0 Å². The van der Waals surface area contributed by atoms with Crippen LogP contribution in [0.3, 0.4) is 0 Å². The number of hydrogen-bond acceptors (Lipinski definition) is 6. The molecule has 0 aliphatic carbocycles. The van der Waals surface area contributed by atoms with E-state index in [1.807, 2.05) is 42.5 Å². The van der Waals surface area contributed by atoms with Crippen LogP contribution < -0.4 is 15.4 Å². The van der Waals surface area contributed by atoms with Crippen molar-refractivity contribution in [2.45, 2.75) is 6.42 Å². The van der Waals surface area contributed by atoms with Crippen molar-refractivity contribution in [3.05, 3.63) is 90.0 Å². The van der Waals surface area contributed by atoms with Crippen LogP contribution in [0.1, 0.15) is 15.9 Å². The molecule has 2 heterocycles. The number of anilines is 3. The molecule has 0 saturated heterocycles. The Morgan fingerprint density at radius 3 is 2.31 bits per heavy atom. The van der Waals surface area contributed by atoms with Gasteiger partial charge in [-0.25, -0.2) is 4.98 Å². The highest BCUT2D eigenvalue weighted by Gasteiger charge is 2.20. The zero-order valence-electron chi connectivity index (χ0n) is 19.6. The number of hydrogen-bond donors (Lipinski definition) is 2. The number of amides is 1. The zero-order chi connectivity index (χ0) is 25.2. The molecule has 1 amide bonds. The Morgan fingerprint density at radius 2 is 1.58 bits per heavy atom. The first-order chi connectivity index (χ1) is 17.4. The molecule has 0 radical (unpaired) electrons. The van der Waals surface area contributed by atoms with Gasteiger partial charge in [0.25, 0.3) is 5.91 Å². The van der Waals surface area contributed by atoms with Crippen molar-refractivity contribution >= 4 is 28.9 Å². The number of esters is 1. The molecular weight excluding hydrogens is 461 g/mol. The van der Waals surface area contributed by atoms with Crippen molar-refractivity contribution in [2.75, 3.05) is 24.9 Å². The summed E-state index contributed by atoms with van der Waals surface area (Å²) < 4.78 is 23.6. The van der Waals surface area contributed by atoms with Gasteiger partial charge in [-0.15, -0.1) is 0 Å². The first-order valence-corrected chi connectivity index (χ1v) is 11.2. The molecule has 7 nitrogen and oxygen atoms in total. The van der Waals surface area contributed by atoms with E-state index in [2.05, 4.69) is 15.6 Å². The van der Waals surface area contributed by atoms with E-state index in [1.54, 1.807) is 25.3 Å². The van der Waals surface area contributed by atoms with E-state index in [4.69, 9.17) is 9.47 Å². The molecule has 1 aliphatic heterocycles. The third-order valence-electron chi connectivity index (χ3n) is 6.02. The number of pyridine rings is 1. The monoisotopic (exact) mass is 483 g/mol. The van der Waals surface area contributed by atoms with E-state index in [0.717, 1.165) is 27.8 Å². The Labute approximate surface area is 206 Å². The second-order valence-electron chi connectivity index (χ2n) is 8.26. The fourth-order valence-electron chi connectivity index (χ4n) is 4.16. The maximum atomic E-state index is 13.2. The lowest BCUT2D eigenvalue weighted by atomic mass is 9.98. The Hall–Kier alpha value is -4.72. The lowest BCUT2D eigenvalue weighted by Gasteiger charge is -2.13. The Balaban J connectivity index is 1.48. The summed E-state index contributed by atoms with van der Waals surface area (Å²) in [6.07, 6.45) is 1.58. The van der Waals surface area contributed by atoms with Crippen molar-refractivity contribution in [2.24, 2.45) is 0 Å². The molecule has 180 valence electrons. The number of methoxy groups -OCH3 is 2. The van der Waals surface area contributed by atoms with Crippen LogP contribution >= 0.6 is 0 Å². The molecule has 3 aromatic carbocycles. The molecule has 0 unspecified atom stereocenters. The molecule has 8 heteroatoms. The summed E-state index contributed by atoms with van der Waals surface area (Å²) in [4.78, 5) is 28.3. The molecule has 5 rings (SSSR count). The molecular formula is C28H22FN3O4. The molecule has 0 atom stereocenters. The van der Waals surface area contributed by atoms with Crippen LogP contribution in [0.2, 0.25) is 0 Å². The number of nitrogens with zero attached hydrogens (tertiary/aromatic N) is 1. The summed E-state index contributed by atoms with van der Waals surface area (Å²) in [5, 5.41) is 6.25. The van der Waals surface area contributed by atoms with Crippen LogP contribution in [-0.2, 0) is 16.0 Å². The Bertz CT molecular complexity index is 1490. The van der Waals surface area contributed by atoms with E-state index in [9.17, 15) is 14.0 Å². The Kier molecular flexibility index (Phi) is 6.08. The molecule has 2 N–H and O–H groups in total. The van der Waals surface area contributed by atoms with E-state index in [-0.39, 0.29) is 18.3 Å². The van der Waals surface area contributed by atoms with E-state index in [1.165, 1.54) is 19.4 Å². The van der Waals surface area contributed by atoms with Crippen LogP contribution in [0.15, 0.2) is 72.9 Å². The quantitative estimate of drug-likeness (QED) is 0.284. The van der Waals surface area contributed by atoms with Crippen LogP contribution in [0.25, 0.3) is 22.3 Å². The molecule has 1 aromatic heterocycles. The second kappa shape index (κ2) is 9.50. The van der Waals surface area contributed by atoms with Crippen molar-refractivity contribution in [3.8, 4) is 28.0 Å². The molecule has 0 bridgehead atoms. The van der Waals surface area contributed by atoms with E-state index in [0.29, 0.717) is 28.4 Å². The van der Waals surface area contributed by atoms with E-state index < -0.39 is 5.95 Å². The van der Waals surface area contributed by atoms with Crippen molar-refractivity contribution in [3.63, 3.8) is 0 Å². The first kappa shape index (κ1) is 23.0. The molecule has 0 saturated carbocycles. The number of rotatable bonds is 5. The van der Waals surface area contributed by atoms with Gasteiger partial charge in [0.1, 0.15) is 5.75 Å². The van der Waals surface area contributed by atoms with Crippen molar-refractivity contribution in [1.29, 1.82) is 0 Å². The summed E-state index contributed by atoms with van der Waals surface area (Å²) >= 11 is 0. The van der Waals surface area contributed by atoms with Gasteiger partial charge in [0.05, 0.1) is 43.3 Å². The molecule has 4 aromatic rings. The Morgan fingerprint density at radius 1 is 0.833 bits per heavy atom. The SMILES string of the molecule is COC(=O)Cc1ccc2c(c1)NC(=O)c1ccc(-c3ccc(-c4ccc(F)nc4)c(OC)c3)cc1N2. The highest BCUT2D eigenvalue weighted by atomic mass is 19.1. The highest BCUT2D eigenvalue weighted by molar-refractivity contribution is 6.12. The number of nitrogens with one attached hydrogen (secondary N) is 2. The maximum Gasteiger partial charge on any atom is 0.309 e. The molecule has 1 aliphatic rings. The number of carbonyl (C=O) groups is 2. The average Bonchev–Trinajstić information content (AvgIpc) is 3.03. The molecule has 36 heavy (non-hydrogen) atoms. The topological polar surface area (TPSA) is 89.5 Å². The number of halogens is 1. The van der Waals surface area contributed by atoms with Gasteiger partial charge in [0, 0.05) is 17.3 Å². The smallest absolute Gasteiger partial charge is 0.309 e. The lowest BCUT2D eigenvalue weighted by molar-refractivity contribution is -0.139. The number of ether oxygens (including phenoxy) is 2. The van der Waals surface area contributed by atoms with Crippen LogP contribution in [0.5, 0.6) is 5.75 Å². The van der Waals surface area contributed by atoms with Crippen LogP contribution in [-0.4, -0.2) is 31.1 Å². The zero-order valence-corrected chi connectivity index (χ0v) is 19.6. The van der Waals surface area contributed by atoms with Gasteiger partial charge in [-0.2, -0.15) is 4.39 Å². The van der Waals surface area contributed by atoms with Gasteiger partial charge in [-0.3, -0.25) is 9.59 Å². The highest BCUT2D eigenvalue weighted by Crippen LogP contribution is 2.38. The minimum atomic E-state index is -0.544. The number of fused-ring (bicyclic) bond motifs is 2. The number of benzene rings is 3. The second-order valence-corrected chi connectivity index (χ2v) is 8.26. The normalized spacial score (nSPS) is 11.9.